The van der Waals surface area contributed by atoms with Crippen LogP contribution in [0.25, 0.3) is 5.65 Å². The van der Waals surface area contributed by atoms with Gasteiger partial charge in [0.15, 0.2) is 0 Å². The van der Waals surface area contributed by atoms with E-state index in [-0.39, 0.29) is 0 Å². The highest BCUT2D eigenvalue weighted by molar-refractivity contribution is 7.92. The molecule has 74 valence electrons. The third-order valence-corrected chi connectivity index (χ3v) is 2.09. The Hall–Kier alpha value is -1.70. The summed E-state index contributed by atoms with van der Waals surface area (Å²) in [6.07, 6.45) is 3.92. The molecule has 0 aromatic carbocycles. The highest BCUT2D eigenvalue weighted by atomic mass is 32.2. The second kappa shape index (κ2) is 2.91. The second-order valence-corrected chi connectivity index (χ2v) is 4.47. The number of sulfonamides is 1. The van der Waals surface area contributed by atoms with Crippen LogP contribution in [-0.2, 0) is 10.0 Å². The molecule has 2 aromatic rings. The summed E-state index contributed by atoms with van der Waals surface area (Å²) in [5, 5.41) is 11.2. The summed E-state index contributed by atoms with van der Waals surface area (Å²) in [5.74, 6) is 0. The summed E-state index contributed by atoms with van der Waals surface area (Å²) in [7, 11) is -3.31. The van der Waals surface area contributed by atoms with E-state index in [9.17, 15) is 8.42 Å². The van der Waals surface area contributed by atoms with Crippen molar-refractivity contribution in [2.75, 3.05) is 11.0 Å². The third kappa shape index (κ3) is 1.64. The summed E-state index contributed by atoms with van der Waals surface area (Å²) in [6.45, 7) is 0. The molecule has 0 radical (unpaired) electrons. The molecule has 14 heavy (non-hydrogen) atoms. The summed E-state index contributed by atoms with van der Waals surface area (Å²) < 4.78 is 25.7. The minimum Gasteiger partial charge on any atom is -0.280 e. The van der Waals surface area contributed by atoms with Crippen molar-refractivity contribution < 1.29 is 8.42 Å². The Balaban J connectivity index is 2.57. The SMILES string of the molecule is CS(=O)(=O)Nc1ccnn2cnnc12. The molecule has 0 aliphatic rings. The maximum atomic E-state index is 11.0. The van der Waals surface area contributed by atoms with E-state index in [4.69, 9.17) is 0 Å². The fraction of sp³-hybridized carbons (Fsp3) is 0.167. The number of nitrogens with zero attached hydrogens (tertiary/aromatic N) is 4. The van der Waals surface area contributed by atoms with E-state index in [1.54, 1.807) is 0 Å². The molecular weight excluding hydrogens is 206 g/mol. The minimum atomic E-state index is -3.31. The zero-order valence-corrected chi connectivity index (χ0v) is 8.06. The van der Waals surface area contributed by atoms with Gasteiger partial charge >= 0.3 is 0 Å². The number of aromatic nitrogens is 4. The third-order valence-electron chi connectivity index (χ3n) is 1.50. The zero-order valence-electron chi connectivity index (χ0n) is 7.25. The van der Waals surface area contributed by atoms with Gasteiger partial charge in [-0.05, 0) is 6.07 Å². The van der Waals surface area contributed by atoms with Gasteiger partial charge in [0.1, 0.15) is 6.33 Å². The molecule has 0 saturated heterocycles. The van der Waals surface area contributed by atoms with Crippen molar-refractivity contribution in [3.63, 3.8) is 0 Å². The summed E-state index contributed by atoms with van der Waals surface area (Å²) in [6, 6.07) is 1.52. The van der Waals surface area contributed by atoms with Crippen molar-refractivity contribution in [1.82, 2.24) is 19.8 Å². The predicted molar refractivity (Wildman–Crippen MR) is 49.2 cm³/mol. The van der Waals surface area contributed by atoms with Crippen molar-refractivity contribution in [2.45, 2.75) is 0 Å². The van der Waals surface area contributed by atoms with Crippen LogP contribution < -0.4 is 4.72 Å². The first-order valence-electron chi connectivity index (χ1n) is 3.69. The Kier molecular flexibility index (Phi) is 1.84. The smallest absolute Gasteiger partial charge is 0.229 e. The molecule has 7 nitrogen and oxygen atoms in total. The summed E-state index contributed by atoms with van der Waals surface area (Å²) in [4.78, 5) is 0. The van der Waals surface area contributed by atoms with Crippen LogP contribution in [0.2, 0.25) is 0 Å². The topological polar surface area (TPSA) is 89.2 Å². The molecule has 0 bridgehead atoms. The van der Waals surface area contributed by atoms with E-state index < -0.39 is 10.0 Å². The quantitative estimate of drug-likeness (QED) is 0.726. The minimum absolute atomic E-state index is 0.361. The Morgan fingerprint density at radius 1 is 1.50 bits per heavy atom. The number of nitrogens with one attached hydrogen (secondary N) is 1. The van der Waals surface area contributed by atoms with Gasteiger partial charge in [0.05, 0.1) is 18.1 Å². The standard InChI is InChI=1S/C6H7N5O2S/c1-14(12,13)10-5-2-3-8-11-4-7-9-6(5)11/h2-4,10H,1H3. The first kappa shape index (κ1) is 8.88. The molecule has 1 N–H and O–H groups in total. The first-order chi connectivity index (χ1) is 6.56. The van der Waals surface area contributed by atoms with Gasteiger partial charge < -0.3 is 0 Å². The van der Waals surface area contributed by atoms with Gasteiger partial charge in [0.25, 0.3) is 0 Å². The van der Waals surface area contributed by atoms with Crippen molar-refractivity contribution in [2.24, 2.45) is 0 Å². The van der Waals surface area contributed by atoms with Crippen LogP contribution in [-0.4, -0.2) is 34.5 Å². The van der Waals surface area contributed by atoms with Crippen LogP contribution >= 0.6 is 0 Å². The molecule has 8 heteroatoms. The van der Waals surface area contributed by atoms with Gasteiger partial charge in [-0.3, -0.25) is 4.72 Å². The molecule has 2 heterocycles. The van der Waals surface area contributed by atoms with E-state index in [1.165, 1.54) is 23.1 Å². The number of fused-ring (bicyclic) bond motifs is 1. The van der Waals surface area contributed by atoms with E-state index in [2.05, 4.69) is 20.0 Å². The van der Waals surface area contributed by atoms with Gasteiger partial charge in [0.2, 0.25) is 15.7 Å². The van der Waals surface area contributed by atoms with Gasteiger partial charge in [-0.1, -0.05) is 0 Å². The molecule has 0 aliphatic heterocycles. The molecule has 0 saturated carbocycles. The van der Waals surface area contributed by atoms with Crippen molar-refractivity contribution in [3.8, 4) is 0 Å². The highest BCUT2D eigenvalue weighted by Gasteiger charge is 2.07. The van der Waals surface area contributed by atoms with Crippen molar-refractivity contribution in [1.29, 1.82) is 0 Å². The lowest BCUT2D eigenvalue weighted by Gasteiger charge is -2.02. The number of anilines is 1. The fourth-order valence-corrected chi connectivity index (χ4v) is 1.58. The van der Waals surface area contributed by atoms with E-state index in [0.717, 1.165) is 6.26 Å². The fourth-order valence-electron chi connectivity index (χ4n) is 1.03. The van der Waals surface area contributed by atoms with Gasteiger partial charge in [-0.15, -0.1) is 10.2 Å². The Morgan fingerprint density at radius 2 is 2.29 bits per heavy atom. The number of hydrogen-bond acceptors (Lipinski definition) is 5. The molecule has 0 spiro atoms. The molecule has 0 amide bonds. The Labute approximate surface area is 79.8 Å². The molecule has 0 atom stereocenters. The number of hydrogen-bond donors (Lipinski definition) is 1. The monoisotopic (exact) mass is 213 g/mol. The largest absolute Gasteiger partial charge is 0.280 e. The van der Waals surface area contributed by atoms with Gasteiger partial charge in [0, 0.05) is 0 Å². The van der Waals surface area contributed by atoms with Crippen LogP contribution in [0.1, 0.15) is 0 Å². The predicted octanol–water partition coefficient (Wildman–Crippen LogP) is -0.504. The van der Waals surface area contributed by atoms with Crippen LogP contribution in [0.5, 0.6) is 0 Å². The molecule has 2 aromatic heterocycles. The van der Waals surface area contributed by atoms with Crippen LogP contribution in [0.3, 0.4) is 0 Å². The van der Waals surface area contributed by atoms with E-state index >= 15 is 0 Å². The van der Waals surface area contributed by atoms with Crippen LogP contribution in [0.4, 0.5) is 5.69 Å². The Bertz CT molecular complexity index is 560. The molecule has 2 rings (SSSR count). The average Bonchev–Trinajstić information content (AvgIpc) is 2.49. The normalized spacial score (nSPS) is 11.8. The maximum Gasteiger partial charge on any atom is 0.229 e. The lowest BCUT2D eigenvalue weighted by molar-refractivity contribution is 0.607. The molecule has 0 fully saturated rings. The summed E-state index contributed by atoms with van der Waals surface area (Å²) in [5.41, 5.74) is 0.734. The van der Waals surface area contributed by atoms with Crippen molar-refractivity contribution in [3.05, 3.63) is 18.6 Å². The first-order valence-corrected chi connectivity index (χ1v) is 5.58. The lowest BCUT2D eigenvalue weighted by Crippen LogP contribution is -2.11. The molecule has 0 unspecified atom stereocenters. The van der Waals surface area contributed by atoms with E-state index in [1.807, 2.05) is 0 Å². The maximum absolute atomic E-state index is 11.0. The lowest BCUT2D eigenvalue weighted by atomic mass is 10.5. The highest BCUT2D eigenvalue weighted by Crippen LogP contribution is 2.12. The van der Waals surface area contributed by atoms with E-state index in [0.29, 0.717) is 11.3 Å². The molecular formula is C6H7N5O2S. The zero-order chi connectivity index (χ0) is 10.2. The van der Waals surface area contributed by atoms with Crippen LogP contribution in [0, 0.1) is 0 Å². The molecule has 0 aliphatic carbocycles. The van der Waals surface area contributed by atoms with Crippen LogP contribution in [0.15, 0.2) is 18.6 Å². The summed E-state index contributed by atoms with van der Waals surface area (Å²) >= 11 is 0. The van der Waals surface area contributed by atoms with Crippen molar-refractivity contribution >= 4 is 21.4 Å². The van der Waals surface area contributed by atoms with Gasteiger partial charge in [-0.25, -0.2) is 8.42 Å². The Morgan fingerprint density at radius 3 is 3.00 bits per heavy atom. The number of rotatable bonds is 2. The van der Waals surface area contributed by atoms with Gasteiger partial charge in [-0.2, -0.15) is 9.61 Å². The average molecular weight is 213 g/mol. The second-order valence-electron chi connectivity index (χ2n) is 2.72.